The molecule has 1 heterocycles. The van der Waals surface area contributed by atoms with Gasteiger partial charge in [0.05, 0.1) is 5.56 Å². The Hall–Kier alpha value is -2.28. The lowest BCUT2D eigenvalue weighted by atomic mass is 10.0. The summed E-state index contributed by atoms with van der Waals surface area (Å²) in [5.74, 6) is -1.84. The number of pyridine rings is 1. The Balaban J connectivity index is 2.60. The molecule has 0 N–H and O–H groups in total. The van der Waals surface area contributed by atoms with Crippen LogP contribution in [0.2, 0.25) is 0 Å². The Bertz CT molecular complexity index is 573. The van der Waals surface area contributed by atoms with Gasteiger partial charge in [-0.2, -0.15) is 5.26 Å². The Morgan fingerprint density at radius 3 is 2.62 bits per heavy atom. The van der Waals surface area contributed by atoms with Crippen LogP contribution in [-0.4, -0.2) is 4.98 Å². The van der Waals surface area contributed by atoms with E-state index in [2.05, 4.69) is 4.98 Å². The van der Waals surface area contributed by atoms with E-state index in [1.54, 1.807) is 6.07 Å². The molecule has 2 aromatic rings. The van der Waals surface area contributed by atoms with Crippen LogP contribution in [0.4, 0.5) is 8.78 Å². The van der Waals surface area contributed by atoms with Gasteiger partial charge in [-0.1, -0.05) is 6.07 Å². The molecule has 0 aliphatic carbocycles. The Morgan fingerprint density at radius 1 is 1.12 bits per heavy atom. The molecule has 0 unspecified atom stereocenters. The third-order valence-electron chi connectivity index (χ3n) is 2.17. The highest BCUT2D eigenvalue weighted by molar-refractivity contribution is 5.69. The number of hydrogen-bond donors (Lipinski definition) is 0. The zero-order valence-corrected chi connectivity index (χ0v) is 8.11. The molecular formula is C12H6F2N2. The number of rotatable bonds is 1. The molecule has 0 spiro atoms. The van der Waals surface area contributed by atoms with Crippen molar-refractivity contribution < 1.29 is 8.78 Å². The van der Waals surface area contributed by atoms with Gasteiger partial charge in [0.25, 0.3) is 0 Å². The van der Waals surface area contributed by atoms with Gasteiger partial charge in [0.1, 0.15) is 6.07 Å². The lowest BCUT2D eigenvalue weighted by molar-refractivity contribution is 0.509. The fourth-order valence-electron chi connectivity index (χ4n) is 1.40. The molecule has 0 radical (unpaired) electrons. The average Bonchev–Trinajstić information content (AvgIpc) is 2.32. The number of benzene rings is 1. The van der Waals surface area contributed by atoms with Gasteiger partial charge in [-0.05, 0) is 23.8 Å². The first-order valence-corrected chi connectivity index (χ1v) is 4.52. The number of hydrogen-bond acceptors (Lipinski definition) is 2. The topological polar surface area (TPSA) is 36.7 Å². The largest absolute Gasteiger partial charge is 0.263 e. The van der Waals surface area contributed by atoms with Gasteiger partial charge in [0.2, 0.25) is 0 Å². The van der Waals surface area contributed by atoms with E-state index in [9.17, 15) is 8.78 Å². The van der Waals surface area contributed by atoms with Crippen molar-refractivity contribution in [1.29, 1.82) is 5.26 Å². The van der Waals surface area contributed by atoms with Crippen molar-refractivity contribution in [2.24, 2.45) is 0 Å². The van der Waals surface area contributed by atoms with Crippen molar-refractivity contribution in [1.82, 2.24) is 4.98 Å². The summed E-state index contributed by atoms with van der Waals surface area (Å²) in [6.07, 6.45) is 2.88. The van der Waals surface area contributed by atoms with Gasteiger partial charge in [-0.15, -0.1) is 0 Å². The third kappa shape index (κ3) is 1.75. The first-order valence-electron chi connectivity index (χ1n) is 4.52. The van der Waals surface area contributed by atoms with Gasteiger partial charge in [-0.3, -0.25) is 4.98 Å². The summed E-state index contributed by atoms with van der Waals surface area (Å²) in [5.41, 5.74) is 1.32. The smallest absolute Gasteiger partial charge is 0.159 e. The molecule has 0 saturated heterocycles. The van der Waals surface area contributed by atoms with Crippen molar-refractivity contribution in [2.75, 3.05) is 0 Å². The molecule has 0 atom stereocenters. The third-order valence-corrected chi connectivity index (χ3v) is 2.17. The maximum absolute atomic E-state index is 13.0. The maximum Gasteiger partial charge on any atom is 0.159 e. The fourth-order valence-corrected chi connectivity index (χ4v) is 1.40. The average molecular weight is 216 g/mol. The molecule has 2 nitrogen and oxygen atoms in total. The van der Waals surface area contributed by atoms with Crippen LogP contribution in [0.1, 0.15) is 5.56 Å². The van der Waals surface area contributed by atoms with E-state index in [4.69, 9.17) is 5.26 Å². The van der Waals surface area contributed by atoms with Crippen molar-refractivity contribution in [2.45, 2.75) is 0 Å². The molecule has 4 heteroatoms. The summed E-state index contributed by atoms with van der Waals surface area (Å²) in [6, 6.07) is 7.06. The summed E-state index contributed by atoms with van der Waals surface area (Å²) in [7, 11) is 0. The normalized spacial score (nSPS) is 9.81. The summed E-state index contributed by atoms with van der Waals surface area (Å²) in [6.45, 7) is 0. The highest BCUT2D eigenvalue weighted by Gasteiger charge is 2.07. The molecule has 0 aliphatic rings. The van der Waals surface area contributed by atoms with Crippen LogP contribution >= 0.6 is 0 Å². The van der Waals surface area contributed by atoms with E-state index in [0.29, 0.717) is 16.7 Å². The minimum Gasteiger partial charge on any atom is -0.263 e. The molecule has 1 aromatic carbocycles. The highest BCUT2D eigenvalue weighted by atomic mass is 19.2. The molecule has 0 aliphatic heterocycles. The summed E-state index contributed by atoms with van der Waals surface area (Å²) < 4.78 is 25.8. The lowest BCUT2D eigenvalue weighted by Gasteiger charge is -2.03. The van der Waals surface area contributed by atoms with Gasteiger partial charge in [0, 0.05) is 18.0 Å². The SMILES string of the molecule is N#Cc1cnccc1-c1ccc(F)c(F)c1. The molecule has 78 valence electrons. The predicted molar refractivity (Wildman–Crippen MR) is 54.3 cm³/mol. The van der Waals surface area contributed by atoms with Gasteiger partial charge >= 0.3 is 0 Å². The zero-order valence-electron chi connectivity index (χ0n) is 8.11. The molecule has 0 bridgehead atoms. The molecule has 0 fully saturated rings. The van der Waals surface area contributed by atoms with E-state index in [1.807, 2.05) is 6.07 Å². The second-order valence-electron chi connectivity index (χ2n) is 3.16. The number of nitriles is 1. The van der Waals surface area contributed by atoms with E-state index in [0.717, 1.165) is 12.1 Å². The van der Waals surface area contributed by atoms with Crippen LogP contribution in [0, 0.1) is 23.0 Å². The molecule has 1 aromatic heterocycles. The molecule has 16 heavy (non-hydrogen) atoms. The predicted octanol–water partition coefficient (Wildman–Crippen LogP) is 2.90. The number of halogens is 2. The number of nitrogens with zero attached hydrogens (tertiary/aromatic N) is 2. The summed E-state index contributed by atoms with van der Waals surface area (Å²) >= 11 is 0. The van der Waals surface area contributed by atoms with E-state index in [-0.39, 0.29) is 0 Å². The van der Waals surface area contributed by atoms with Crippen molar-refractivity contribution in [3.05, 3.63) is 53.9 Å². The molecule has 0 saturated carbocycles. The maximum atomic E-state index is 13.0. The minimum atomic E-state index is -0.932. The Kier molecular flexibility index (Phi) is 2.61. The highest BCUT2D eigenvalue weighted by Crippen LogP contribution is 2.23. The zero-order chi connectivity index (χ0) is 11.5. The fraction of sp³-hybridized carbons (Fsp3) is 0. The van der Waals surface area contributed by atoms with Crippen LogP contribution in [0.15, 0.2) is 36.7 Å². The Morgan fingerprint density at radius 2 is 1.94 bits per heavy atom. The van der Waals surface area contributed by atoms with Gasteiger partial charge in [0.15, 0.2) is 11.6 Å². The summed E-state index contributed by atoms with van der Waals surface area (Å²) in [4.78, 5) is 3.79. The molecule has 0 amide bonds. The second-order valence-corrected chi connectivity index (χ2v) is 3.16. The lowest BCUT2D eigenvalue weighted by Crippen LogP contribution is -1.89. The second kappa shape index (κ2) is 4.07. The van der Waals surface area contributed by atoms with Crippen LogP contribution in [0.3, 0.4) is 0 Å². The van der Waals surface area contributed by atoms with Crippen molar-refractivity contribution in [3.63, 3.8) is 0 Å². The van der Waals surface area contributed by atoms with Gasteiger partial charge < -0.3 is 0 Å². The van der Waals surface area contributed by atoms with E-state index in [1.165, 1.54) is 18.5 Å². The van der Waals surface area contributed by atoms with Crippen molar-refractivity contribution in [3.8, 4) is 17.2 Å². The minimum absolute atomic E-state index is 0.327. The van der Waals surface area contributed by atoms with Crippen LogP contribution in [0.5, 0.6) is 0 Å². The first-order chi connectivity index (χ1) is 7.72. The van der Waals surface area contributed by atoms with Gasteiger partial charge in [-0.25, -0.2) is 8.78 Å². The van der Waals surface area contributed by atoms with E-state index >= 15 is 0 Å². The molecular weight excluding hydrogens is 210 g/mol. The monoisotopic (exact) mass is 216 g/mol. The van der Waals surface area contributed by atoms with Crippen LogP contribution in [0.25, 0.3) is 11.1 Å². The molecule has 2 rings (SSSR count). The van der Waals surface area contributed by atoms with Crippen molar-refractivity contribution >= 4 is 0 Å². The summed E-state index contributed by atoms with van der Waals surface area (Å²) in [5, 5.41) is 8.85. The Labute approximate surface area is 90.8 Å². The van der Waals surface area contributed by atoms with Crippen LogP contribution in [-0.2, 0) is 0 Å². The quantitative estimate of drug-likeness (QED) is 0.734. The number of aromatic nitrogens is 1. The standard InChI is InChI=1S/C12H6F2N2/c13-11-2-1-8(5-12(11)14)10-3-4-16-7-9(10)6-15/h1-5,7H. The van der Waals surface area contributed by atoms with Crippen LogP contribution < -0.4 is 0 Å². The van der Waals surface area contributed by atoms with E-state index < -0.39 is 11.6 Å². The first kappa shape index (κ1) is 10.2.